The SMILES string of the molecule is COC(=O)Cc1cc(CCl)nc(OC(F)(F)F)c1OC. The molecule has 1 aromatic rings. The minimum Gasteiger partial charge on any atom is -0.491 e. The molecule has 0 spiro atoms. The second kappa shape index (κ2) is 6.65. The molecule has 0 unspecified atom stereocenters. The lowest BCUT2D eigenvalue weighted by Crippen LogP contribution is -2.19. The van der Waals surface area contributed by atoms with Crippen LogP contribution >= 0.6 is 11.6 Å². The minimum atomic E-state index is -4.94. The highest BCUT2D eigenvalue weighted by molar-refractivity contribution is 6.16. The van der Waals surface area contributed by atoms with Gasteiger partial charge in [-0.3, -0.25) is 4.79 Å². The zero-order chi connectivity index (χ0) is 15.3. The van der Waals surface area contributed by atoms with Crippen molar-refractivity contribution < 1.29 is 32.2 Å². The second-order valence-electron chi connectivity index (χ2n) is 3.55. The van der Waals surface area contributed by atoms with E-state index in [2.05, 4.69) is 14.5 Å². The number of pyridine rings is 1. The maximum absolute atomic E-state index is 12.3. The van der Waals surface area contributed by atoms with E-state index < -0.39 is 18.2 Å². The molecule has 0 aliphatic carbocycles. The van der Waals surface area contributed by atoms with E-state index in [1.807, 2.05) is 0 Å². The van der Waals surface area contributed by atoms with E-state index >= 15 is 0 Å². The van der Waals surface area contributed by atoms with Crippen LogP contribution in [0.2, 0.25) is 0 Å². The van der Waals surface area contributed by atoms with Crippen LogP contribution in [0.3, 0.4) is 0 Å². The van der Waals surface area contributed by atoms with Crippen molar-refractivity contribution in [3.8, 4) is 11.6 Å². The summed E-state index contributed by atoms with van der Waals surface area (Å²) < 4.78 is 50.0. The molecule has 0 fully saturated rings. The fourth-order valence-electron chi connectivity index (χ4n) is 1.44. The van der Waals surface area contributed by atoms with Gasteiger partial charge < -0.3 is 14.2 Å². The number of halogens is 4. The van der Waals surface area contributed by atoms with Gasteiger partial charge in [0.05, 0.1) is 32.2 Å². The largest absolute Gasteiger partial charge is 0.574 e. The van der Waals surface area contributed by atoms with Gasteiger partial charge in [-0.25, -0.2) is 4.98 Å². The summed E-state index contributed by atoms with van der Waals surface area (Å²) in [5.41, 5.74) is 0.259. The molecule has 5 nitrogen and oxygen atoms in total. The lowest BCUT2D eigenvalue weighted by molar-refractivity contribution is -0.276. The van der Waals surface area contributed by atoms with Crippen molar-refractivity contribution >= 4 is 17.6 Å². The zero-order valence-electron chi connectivity index (χ0n) is 10.6. The smallest absolute Gasteiger partial charge is 0.491 e. The van der Waals surface area contributed by atoms with Crippen LogP contribution in [0, 0.1) is 0 Å². The number of carbonyl (C=O) groups is 1. The number of nitrogens with zero attached hydrogens (tertiary/aromatic N) is 1. The van der Waals surface area contributed by atoms with E-state index in [1.165, 1.54) is 6.07 Å². The van der Waals surface area contributed by atoms with Gasteiger partial charge in [-0.1, -0.05) is 0 Å². The Balaban J connectivity index is 3.27. The molecule has 0 bridgehead atoms. The summed E-state index contributed by atoms with van der Waals surface area (Å²) in [5.74, 6) is -1.88. The van der Waals surface area contributed by atoms with Gasteiger partial charge in [-0.05, 0) is 6.07 Å². The van der Waals surface area contributed by atoms with Gasteiger partial charge in [-0.15, -0.1) is 24.8 Å². The molecule has 1 rings (SSSR count). The van der Waals surface area contributed by atoms with Gasteiger partial charge in [-0.2, -0.15) is 0 Å². The average molecular weight is 314 g/mol. The summed E-state index contributed by atoms with van der Waals surface area (Å²) >= 11 is 5.55. The van der Waals surface area contributed by atoms with Crippen molar-refractivity contribution in [2.45, 2.75) is 18.7 Å². The summed E-state index contributed by atoms with van der Waals surface area (Å²) in [6.45, 7) is 0. The Labute approximate surface area is 117 Å². The highest BCUT2D eigenvalue weighted by Gasteiger charge is 2.34. The van der Waals surface area contributed by atoms with Crippen LogP contribution in [0.4, 0.5) is 13.2 Å². The molecular weight excluding hydrogens is 303 g/mol. The molecule has 0 saturated heterocycles. The first-order valence-corrected chi connectivity index (χ1v) is 5.79. The van der Waals surface area contributed by atoms with Crippen molar-refractivity contribution in [2.75, 3.05) is 14.2 Å². The van der Waals surface area contributed by atoms with Gasteiger partial charge in [0, 0.05) is 5.56 Å². The Morgan fingerprint density at radius 1 is 1.40 bits per heavy atom. The fraction of sp³-hybridized carbons (Fsp3) is 0.455. The van der Waals surface area contributed by atoms with Gasteiger partial charge in [0.25, 0.3) is 5.88 Å². The maximum atomic E-state index is 12.3. The molecule has 1 heterocycles. The molecule has 0 aliphatic heterocycles. The van der Waals surface area contributed by atoms with E-state index in [0.717, 1.165) is 14.2 Å². The third-order valence-corrected chi connectivity index (χ3v) is 2.46. The van der Waals surface area contributed by atoms with E-state index in [1.54, 1.807) is 0 Å². The Morgan fingerprint density at radius 3 is 2.50 bits per heavy atom. The van der Waals surface area contributed by atoms with Crippen LogP contribution in [0.25, 0.3) is 0 Å². The summed E-state index contributed by atoms with van der Waals surface area (Å²) in [5, 5.41) is 0. The molecular formula is C11H11ClF3NO4. The van der Waals surface area contributed by atoms with Gasteiger partial charge in [0.1, 0.15) is 0 Å². The number of alkyl halides is 4. The van der Waals surface area contributed by atoms with E-state index in [9.17, 15) is 18.0 Å². The van der Waals surface area contributed by atoms with Gasteiger partial charge >= 0.3 is 12.3 Å². The first kappa shape index (κ1) is 16.4. The average Bonchev–Trinajstić information content (AvgIpc) is 2.36. The Hall–Kier alpha value is -1.70. The fourth-order valence-corrected chi connectivity index (χ4v) is 1.58. The Kier molecular flexibility index (Phi) is 5.43. The standard InChI is InChI=1S/C11H11ClF3NO4/c1-18-8(17)4-6-3-7(5-12)16-10(9(6)19-2)20-11(13,14)15/h3H,4-5H2,1-2H3. The molecule has 112 valence electrons. The second-order valence-corrected chi connectivity index (χ2v) is 3.81. The minimum absolute atomic E-state index is 0.116. The molecule has 0 N–H and O–H groups in total. The summed E-state index contributed by atoms with van der Waals surface area (Å²) in [6, 6.07) is 1.35. The molecule has 0 aliphatic rings. The van der Waals surface area contributed by atoms with Crippen LogP contribution in [0.1, 0.15) is 11.3 Å². The number of esters is 1. The number of methoxy groups -OCH3 is 2. The van der Waals surface area contributed by atoms with E-state index in [0.29, 0.717) is 0 Å². The summed E-state index contributed by atoms with van der Waals surface area (Å²) in [6.07, 6.45) is -5.23. The van der Waals surface area contributed by atoms with Crippen LogP contribution in [0.15, 0.2) is 6.07 Å². The third-order valence-electron chi connectivity index (χ3n) is 2.19. The number of hydrogen-bond acceptors (Lipinski definition) is 5. The first-order chi connectivity index (χ1) is 9.30. The number of ether oxygens (including phenoxy) is 3. The normalized spacial score (nSPS) is 11.1. The monoisotopic (exact) mass is 313 g/mol. The quantitative estimate of drug-likeness (QED) is 0.617. The predicted octanol–water partition coefficient (Wildman–Crippen LogP) is 2.44. The van der Waals surface area contributed by atoms with Crippen molar-refractivity contribution in [1.82, 2.24) is 4.98 Å². The summed E-state index contributed by atoms with van der Waals surface area (Å²) in [7, 11) is 2.30. The number of hydrogen-bond donors (Lipinski definition) is 0. The van der Waals surface area contributed by atoms with Crippen LogP contribution < -0.4 is 9.47 Å². The first-order valence-electron chi connectivity index (χ1n) is 5.26. The Morgan fingerprint density at radius 2 is 2.05 bits per heavy atom. The number of aromatic nitrogens is 1. The van der Waals surface area contributed by atoms with Crippen molar-refractivity contribution in [2.24, 2.45) is 0 Å². The molecule has 1 aromatic heterocycles. The molecule has 0 aromatic carbocycles. The van der Waals surface area contributed by atoms with E-state index in [4.69, 9.17) is 16.3 Å². The number of rotatable bonds is 5. The number of carbonyl (C=O) groups excluding carboxylic acids is 1. The Bertz CT molecular complexity index is 493. The lowest BCUT2D eigenvalue weighted by Gasteiger charge is -2.15. The summed E-state index contributed by atoms with van der Waals surface area (Å²) in [4.78, 5) is 14.8. The third kappa shape index (κ3) is 4.44. The predicted molar refractivity (Wildman–Crippen MR) is 62.7 cm³/mol. The molecule has 0 saturated carbocycles. The zero-order valence-corrected chi connectivity index (χ0v) is 11.3. The van der Waals surface area contributed by atoms with Crippen LogP contribution in [0.5, 0.6) is 11.6 Å². The molecule has 0 amide bonds. The highest BCUT2D eigenvalue weighted by atomic mass is 35.5. The van der Waals surface area contributed by atoms with Crippen LogP contribution in [-0.2, 0) is 21.8 Å². The van der Waals surface area contributed by atoms with Gasteiger partial charge in [0.2, 0.25) is 0 Å². The van der Waals surface area contributed by atoms with Crippen molar-refractivity contribution in [3.05, 3.63) is 17.3 Å². The molecule has 0 radical (unpaired) electrons. The van der Waals surface area contributed by atoms with Crippen molar-refractivity contribution in [1.29, 1.82) is 0 Å². The van der Waals surface area contributed by atoms with Gasteiger partial charge in [0.15, 0.2) is 5.75 Å². The maximum Gasteiger partial charge on any atom is 0.574 e. The van der Waals surface area contributed by atoms with Crippen LogP contribution in [-0.4, -0.2) is 31.5 Å². The highest BCUT2D eigenvalue weighted by Crippen LogP contribution is 2.34. The topological polar surface area (TPSA) is 57.7 Å². The molecule has 20 heavy (non-hydrogen) atoms. The molecule has 9 heteroatoms. The van der Waals surface area contributed by atoms with Crippen molar-refractivity contribution in [3.63, 3.8) is 0 Å². The molecule has 0 atom stereocenters. The van der Waals surface area contributed by atoms with E-state index in [-0.39, 0.29) is 29.3 Å². The lowest BCUT2D eigenvalue weighted by atomic mass is 10.1.